The van der Waals surface area contributed by atoms with E-state index in [0.717, 1.165) is 25.9 Å². The molecule has 0 amide bonds. The van der Waals surface area contributed by atoms with Gasteiger partial charge in [0.2, 0.25) is 11.9 Å². The summed E-state index contributed by atoms with van der Waals surface area (Å²) >= 11 is 0. The number of ether oxygens (including phenoxy) is 1. The molecule has 21 heavy (non-hydrogen) atoms. The summed E-state index contributed by atoms with van der Waals surface area (Å²) in [4.78, 5) is 17.2. The number of rotatable bonds is 5. The third-order valence-electron chi connectivity index (χ3n) is 3.55. The Labute approximate surface area is 125 Å². The number of nitrogens with two attached hydrogens (primary N) is 1. The normalized spacial score (nSPS) is 16.6. The molecular formula is C13H25N7O. The smallest absolute Gasteiger partial charge is 0.323 e. The zero-order valence-electron chi connectivity index (χ0n) is 13.2. The van der Waals surface area contributed by atoms with Crippen molar-refractivity contribution >= 4 is 11.9 Å². The van der Waals surface area contributed by atoms with Crippen molar-refractivity contribution < 1.29 is 4.74 Å². The van der Waals surface area contributed by atoms with E-state index >= 15 is 0 Å². The monoisotopic (exact) mass is 295 g/mol. The van der Waals surface area contributed by atoms with Gasteiger partial charge in [-0.3, -0.25) is 5.43 Å². The maximum Gasteiger partial charge on any atom is 0.323 e. The lowest BCUT2D eigenvalue weighted by molar-refractivity contribution is 0.221. The van der Waals surface area contributed by atoms with Crippen molar-refractivity contribution in [3.05, 3.63) is 0 Å². The molecule has 0 bridgehead atoms. The number of nitrogens with zero attached hydrogens (tertiary/aromatic N) is 5. The summed E-state index contributed by atoms with van der Waals surface area (Å²) in [6, 6.07) is 0.916. The number of nitrogens with one attached hydrogen (secondary N) is 1. The second kappa shape index (κ2) is 6.86. The molecular weight excluding hydrogens is 270 g/mol. The van der Waals surface area contributed by atoms with Crippen LogP contribution in [0, 0.1) is 0 Å². The zero-order chi connectivity index (χ0) is 15.4. The van der Waals surface area contributed by atoms with E-state index in [9.17, 15) is 0 Å². The van der Waals surface area contributed by atoms with Crippen LogP contribution in [0.25, 0.3) is 0 Å². The first kappa shape index (κ1) is 15.7. The fourth-order valence-corrected chi connectivity index (χ4v) is 2.40. The third kappa shape index (κ3) is 4.15. The van der Waals surface area contributed by atoms with Crippen LogP contribution in [0.5, 0.6) is 6.01 Å². The Morgan fingerprint density at radius 3 is 2.43 bits per heavy atom. The van der Waals surface area contributed by atoms with Gasteiger partial charge >= 0.3 is 6.01 Å². The molecule has 0 saturated carbocycles. The summed E-state index contributed by atoms with van der Waals surface area (Å²) in [5.41, 5.74) is 2.47. The molecule has 118 valence electrons. The average molecular weight is 295 g/mol. The van der Waals surface area contributed by atoms with Gasteiger partial charge in [0.25, 0.3) is 0 Å². The molecule has 0 radical (unpaired) electrons. The first-order chi connectivity index (χ1) is 9.99. The topological polar surface area (TPSA) is 92.4 Å². The standard InChI is InChI=1S/C13H25N7O/c1-9(2)21-13-16-11(18-14)15-12(17-13)20-7-5-10(6-8-20)19(3)4/h9-10H,5-8,14H2,1-4H3,(H,15,16,17,18). The molecule has 2 heterocycles. The lowest BCUT2D eigenvalue weighted by atomic mass is 10.0. The number of hydrogen-bond acceptors (Lipinski definition) is 8. The van der Waals surface area contributed by atoms with Crippen LogP contribution in [-0.4, -0.2) is 59.2 Å². The number of anilines is 2. The maximum atomic E-state index is 5.55. The highest BCUT2D eigenvalue weighted by Crippen LogP contribution is 2.21. The highest BCUT2D eigenvalue weighted by molar-refractivity contribution is 5.38. The van der Waals surface area contributed by atoms with Gasteiger partial charge in [-0.2, -0.15) is 15.0 Å². The van der Waals surface area contributed by atoms with Gasteiger partial charge < -0.3 is 14.5 Å². The van der Waals surface area contributed by atoms with Crippen LogP contribution in [0.2, 0.25) is 0 Å². The van der Waals surface area contributed by atoms with Crippen molar-refractivity contribution in [3.8, 4) is 6.01 Å². The molecule has 1 saturated heterocycles. The second-order valence-electron chi connectivity index (χ2n) is 5.73. The number of hydrazine groups is 1. The first-order valence-electron chi connectivity index (χ1n) is 7.30. The van der Waals surface area contributed by atoms with E-state index in [4.69, 9.17) is 10.6 Å². The lowest BCUT2D eigenvalue weighted by Gasteiger charge is -2.35. The first-order valence-corrected chi connectivity index (χ1v) is 7.30. The molecule has 8 heteroatoms. The molecule has 0 unspecified atom stereocenters. The van der Waals surface area contributed by atoms with Crippen LogP contribution in [0.15, 0.2) is 0 Å². The van der Waals surface area contributed by atoms with Crippen molar-refractivity contribution in [3.63, 3.8) is 0 Å². The molecule has 0 spiro atoms. The fourth-order valence-electron chi connectivity index (χ4n) is 2.40. The molecule has 1 aliphatic rings. The van der Waals surface area contributed by atoms with E-state index in [2.05, 4.69) is 44.3 Å². The van der Waals surface area contributed by atoms with E-state index in [0.29, 0.717) is 23.9 Å². The molecule has 1 aromatic rings. The van der Waals surface area contributed by atoms with Crippen LogP contribution in [0.3, 0.4) is 0 Å². The third-order valence-corrected chi connectivity index (χ3v) is 3.55. The Morgan fingerprint density at radius 2 is 1.90 bits per heavy atom. The number of nitrogen functional groups attached to an aromatic ring is 1. The minimum Gasteiger partial charge on any atom is -0.461 e. The minimum absolute atomic E-state index is 0.00496. The van der Waals surface area contributed by atoms with Crippen molar-refractivity contribution in [2.24, 2.45) is 5.84 Å². The van der Waals surface area contributed by atoms with Gasteiger partial charge in [0.15, 0.2) is 0 Å². The van der Waals surface area contributed by atoms with Crippen molar-refractivity contribution in [2.75, 3.05) is 37.5 Å². The van der Waals surface area contributed by atoms with Gasteiger partial charge in [-0.1, -0.05) is 0 Å². The summed E-state index contributed by atoms with van der Waals surface area (Å²) in [5, 5.41) is 0. The number of hydrogen-bond donors (Lipinski definition) is 2. The van der Waals surface area contributed by atoms with E-state index in [1.165, 1.54) is 0 Å². The van der Waals surface area contributed by atoms with Crippen LogP contribution in [0.1, 0.15) is 26.7 Å². The molecule has 0 aromatic carbocycles. The number of aromatic nitrogens is 3. The Balaban J connectivity index is 2.12. The van der Waals surface area contributed by atoms with Gasteiger partial charge in [0.05, 0.1) is 6.10 Å². The molecule has 1 fully saturated rings. The summed E-state index contributed by atoms with van der Waals surface area (Å²) in [6.07, 6.45) is 2.18. The van der Waals surface area contributed by atoms with Gasteiger partial charge in [-0.15, -0.1) is 0 Å². The Kier molecular flexibility index (Phi) is 5.13. The molecule has 1 aliphatic heterocycles. The Morgan fingerprint density at radius 1 is 1.24 bits per heavy atom. The van der Waals surface area contributed by atoms with Crippen LogP contribution >= 0.6 is 0 Å². The predicted octanol–water partition coefficient (Wildman–Crippen LogP) is 0.475. The average Bonchev–Trinajstić information content (AvgIpc) is 2.46. The minimum atomic E-state index is 0.00496. The quantitative estimate of drug-likeness (QED) is 0.598. The molecule has 2 rings (SSSR count). The van der Waals surface area contributed by atoms with Crippen LogP contribution in [0.4, 0.5) is 11.9 Å². The van der Waals surface area contributed by atoms with Crippen LogP contribution in [-0.2, 0) is 0 Å². The second-order valence-corrected chi connectivity index (χ2v) is 5.73. The molecule has 0 atom stereocenters. The number of piperidine rings is 1. The lowest BCUT2D eigenvalue weighted by Crippen LogP contribution is -2.42. The molecule has 1 aromatic heterocycles. The van der Waals surface area contributed by atoms with Gasteiger partial charge in [-0.25, -0.2) is 5.84 Å². The van der Waals surface area contributed by atoms with Gasteiger partial charge in [0.1, 0.15) is 0 Å². The highest BCUT2D eigenvalue weighted by Gasteiger charge is 2.23. The SMILES string of the molecule is CC(C)Oc1nc(NN)nc(N2CCC(N(C)C)CC2)n1. The van der Waals surface area contributed by atoms with Gasteiger partial charge in [0, 0.05) is 19.1 Å². The van der Waals surface area contributed by atoms with Crippen molar-refractivity contribution in [1.82, 2.24) is 19.9 Å². The summed E-state index contributed by atoms with van der Waals surface area (Å²) < 4.78 is 5.55. The van der Waals surface area contributed by atoms with Gasteiger partial charge in [-0.05, 0) is 40.8 Å². The maximum absolute atomic E-state index is 5.55. The van der Waals surface area contributed by atoms with E-state index in [-0.39, 0.29) is 6.10 Å². The predicted molar refractivity (Wildman–Crippen MR) is 82.3 cm³/mol. The van der Waals surface area contributed by atoms with Crippen LogP contribution < -0.4 is 20.9 Å². The highest BCUT2D eigenvalue weighted by atomic mass is 16.5. The Hall–Kier alpha value is -1.67. The summed E-state index contributed by atoms with van der Waals surface area (Å²) in [6.45, 7) is 5.69. The van der Waals surface area contributed by atoms with E-state index < -0.39 is 0 Å². The molecule has 8 nitrogen and oxygen atoms in total. The van der Waals surface area contributed by atoms with E-state index in [1.54, 1.807) is 0 Å². The van der Waals surface area contributed by atoms with Crippen molar-refractivity contribution in [1.29, 1.82) is 0 Å². The zero-order valence-corrected chi connectivity index (χ0v) is 13.2. The Bertz CT molecular complexity index is 458. The molecule has 3 N–H and O–H groups in total. The summed E-state index contributed by atoms with van der Waals surface area (Å²) in [5.74, 6) is 6.37. The van der Waals surface area contributed by atoms with E-state index in [1.807, 2.05) is 13.8 Å². The molecule has 0 aliphatic carbocycles. The largest absolute Gasteiger partial charge is 0.461 e. The summed E-state index contributed by atoms with van der Waals surface area (Å²) in [7, 11) is 4.24. The fraction of sp³-hybridized carbons (Fsp3) is 0.769. The van der Waals surface area contributed by atoms with Crippen molar-refractivity contribution in [2.45, 2.75) is 38.8 Å².